The molecule has 0 radical (unpaired) electrons. The van der Waals surface area contributed by atoms with Crippen molar-refractivity contribution >= 4 is 12.1 Å². The summed E-state index contributed by atoms with van der Waals surface area (Å²) >= 11 is 0. The first-order valence-corrected chi connectivity index (χ1v) is 6.02. The highest BCUT2D eigenvalue weighted by molar-refractivity contribution is 5.94. The molecule has 2 rings (SSSR count). The lowest BCUT2D eigenvalue weighted by molar-refractivity contribution is 0.101. The average molecular weight is 271 g/mol. The zero-order valence-electron chi connectivity index (χ0n) is 10.9. The lowest BCUT2D eigenvalue weighted by Crippen LogP contribution is -2.18. The molecule has 1 aromatic carbocycles. The molecule has 0 bridgehead atoms. The Labute approximate surface area is 115 Å². The molecule has 0 fully saturated rings. The largest absolute Gasteiger partial charge is 0.483 e. The van der Waals surface area contributed by atoms with Gasteiger partial charge in [-0.05, 0) is 12.5 Å². The molecule has 20 heavy (non-hydrogen) atoms. The van der Waals surface area contributed by atoms with Crippen LogP contribution in [0.4, 0.5) is 0 Å². The minimum atomic E-state index is -0.575. The SMILES string of the molecule is CC(=O)c1c[nH]c(C=O)c(OCc2ccccc2)c1=O. The van der Waals surface area contributed by atoms with E-state index >= 15 is 0 Å². The highest BCUT2D eigenvalue weighted by Crippen LogP contribution is 2.12. The quantitative estimate of drug-likeness (QED) is 0.666. The van der Waals surface area contributed by atoms with Gasteiger partial charge in [0.15, 0.2) is 17.8 Å². The van der Waals surface area contributed by atoms with Crippen molar-refractivity contribution in [1.29, 1.82) is 0 Å². The maximum atomic E-state index is 12.1. The highest BCUT2D eigenvalue weighted by Gasteiger charge is 2.15. The summed E-state index contributed by atoms with van der Waals surface area (Å²) in [5.41, 5.74) is 0.279. The fourth-order valence-electron chi connectivity index (χ4n) is 1.75. The Hall–Kier alpha value is -2.69. The molecule has 1 aromatic heterocycles. The monoisotopic (exact) mass is 271 g/mol. The van der Waals surface area contributed by atoms with Gasteiger partial charge in [0, 0.05) is 6.20 Å². The van der Waals surface area contributed by atoms with Crippen LogP contribution >= 0.6 is 0 Å². The van der Waals surface area contributed by atoms with E-state index in [4.69, 9.17) is 4.74 Å². The fraction of sp³-hybridized carbons (Fsp3) is 0.133. The van der Waals surface area contributed by atoms with Crippen molar-refractivity contribution in [1.82, 2.24) is 4.98 Å². The molecule has 0 spiro atoms. The third-order valence-corrected chi connectivity index (χ3v) is 2.79. The molecule has 0 saturated carbocycles. The molecule has 1 heterocycles. The van der Waals surface area contributed by atoms with E-state index in [9.17, 15) is 14.4 Å². The van der Waals surface area contributed by atoms with Crippen molar-refractivity contribution in [3.63, 3.8) is 0 Å². The van der Waals surface area contributed by atoms with Crippen LogP contribution in [-0.2, 0) is 6.61 Å². The Morgan fingerprint density at radius 3 is 2.60 bits per heavy atom. The summed E-state index contributed by atoms with van der Waals surface area (Å²) in [5, 5.41) is 0. The van der Waals surface area contributed by atoms with Crippen LogP contribution in [0.3, 0.4) is 0 Å². The van der Waals surface area contributed by atoms with E-state index in [0.717, 1.165) is 5.56 Å². The van der Waals surface area contributed by atoms with Gasteiger partial charge in [0.05, 0.1) is 5.56 Å². The minimum Gasteiger partial charge on any atom is -0.483 e. The predicted octanol–water partition coefficient (Wildman–Crippen LogP) is 1.97. The number of H-pyrrole nitrogens is 1. The van der Waals surface area contributed by atoms with Gasteiger partial charge in [-0.3, -0.25) is 14.4 Å². The van der Waals surface area contributed by atoms with Gasteiger partial charge in [0.25, 0.3) is 0 Å². The first-order valence-electron chi connectivity index (χ1n) is 6.02. The van der Waals surface area contributed by atoms with E-state index in [1.54, 1.807) is 0 Å². The maximum absolute atomic E-state index is 12.1. The fourth-order valence-corrected chi connectivity index (χ4v) is 1.75. The Bertz CT molecular complexity index is 689. The van der Waals surface area contributed by atoms with Crippen molar-refractivity contribution < 1.29 is 14.3 Å². The first kappa shape index (κ1) is 13.7. The molecule has 5 heteroatoms. The zero-order valence-corrected chi connectivity index (χ0v) is 10.9. The molecular formula is C15H13NO4. The second kappa shape index (κ2) is 5.97. The number of pyridine rings is 1. The van der Waals surface area contributed by atoms with Crippen LogP contribution < -0.4 is 10.2 Å². The lowest BCUT2D eigenvalue weighted by atomic mass is 10.1. The van der Waals surface area contributed by atoms with Crippen molar-refractivity contribution in [2.45, 2.75) is 13.5 Å². The predicted molar refractivity (Wildman–Crippen MR) is 73.2 cm³/mol. The summed E-state index contributed by atoms with van der Waals surface area (Å²) in [6, 6.07) is 9.22. The zero-order chi connectivity index (χ0) is 14.5. The smallest absolute Gasteiger partial charge is 0.234 e. The van der Waals surface area contributed by atoms with Crippen LogP contribution in [0.5, 0.6) is 5.75 Å². The van der Waals surface area contributed by atoms with Crippen LogP contribution in [0.25, 0.3) is 0 Å². The van der Waals surface area contributed by atoms with Crippen LogP contribution in [0, 0.1) is 0 Å². The van der Waals surface area contributed by atoms with Gasteiger partial charge in [-0.15, -0.1) is 0 Å². The van der Waals surface area contributed by atoms with Gasteiger partial charge < -0.3 is 9.72 Å². The summed E-state index contributed by atoms with van der Waals surface area (Å²) in [4.78, 5) is 37.0. The van der Waals surface area contributed by atoms with Crippen molar-refractivity contribution in [2.24, 2.45) is 0 Å². The van der Waals surface area contributed by atoms with E-state index in [1.165, 1.54) is 13.1 Å². The molecule has 102 valence electrons. The molecule has 0 aliphatic heterocycles. The van der Waals surface area contributed by atoms with E-state index in [2.05, 4.69) is 4.98 Å². The van der Waals surface area contributed by atoms with Crippen molar-refractivity contribution in [2.75, 3.05) is 0 Å². The minimum absolute atomic E-state index is 0.0240. The maximum Gasteiger partial charge on any atom is 0.234 e. The van der Waals surface area contributed by atoms with E-state index in [-0.39, 0.29) is 29.4 Å². The lowest BCUT2D eigenvalue weighted by Gasteiger charge is -2.08. The van der Waals surface area contributed by atoms with Gasteiger partial charge in [0.2, 0.25) is 5.43 Å². The number of nitrogens with one attached hydrogen (secondary N) is 1. The number of carbonyl (C=O) groups excluding carboxylic acids is 2. The van der Waals surface area contributed by atoms with Gasteiger partial charge in [-0.2, -0.15) is 0 Å². The number of rotatable bonds is 5. The number of carbonyl (C=O) groups is 2. The molecule has 0 unspecified atom stereocenters. The van der Waals surface area contributed by atoms with Gasteiger partial charge in [-0.1, -0.05) is 30.3 Å². The molecule has 0 amide bonds. The van der Waals surface area contributed by atoms with Crippen molar-refractivity contribution in [3.05, 3.63) is 63.6 Å². The van der Waals surface area contributed by atoms with Gasteiger partial charge in [-0.25, -0.2) is 0 Å². The van der Waals surface area contributed by atoms with Gasteiger partial charge >= 0.3 is 0 Å². The molecule has 0 saturated heterocycles. The molecule has 1 N–H and O–H groups in total. The number of aromatic nitrogens is 1. The topological polar surface area (TPSA) is 76.2 Å². The number of aldehydes is 1. The molecular weight excluding hydrogens is 258 g/mol. The third-order valence-electron chi connectivity index (χ3n) is 2.79. The van der Waals surface area contributed by atoms with Crippen LogP contribution in [0.2, 0.25) is 0 Å². The molecule has 2 aromatic rings. The molecule has 0 aliphatic carbocycles. The molecule has 0 aliphatic rings. The van der Waals surface area contributed by atoms with Crippen LogP contribution in [0.15, 0.2) is 41.3 Å². The summed E-state index contributed by atoms with van der Waals surface area (Å²) in [5.74, 6) is -0.509. The Kier molecular flexibility index (Phi) is 4.10. The normalized spacial score (nSPS) is 10.1. The summed E-state index contributed by atoms with van der Waals surface area (Å²) in [6.45, 7) is 1.43. The van der Waals surface area contributed by atoms with Crippen molar-refractivity contribution in [3.8, 4) is 5.75 Å². The molecule has 0 atom stereocenters. The Morgan fingerprint density at radius 2 is 2.00 bits per heavy atom. The van der Waals surface area contributed by atoms with Gasteiger partial charge in [0.1, 0.15) is 12.3 Å². The summed E-state index contributed by atoms with van der Waals surface area (Å²) < 4.78 is 5.41. The highest BCUT2D eigenvalue weighted by atomic mass is 16.5. The van der Waals surface area contributed by atoms with E-state index in [0.29, 0.717) is 6.29 Å². The number of ether oxygens (including phenoxy) is 1. The number of aromatic amines is 1. The third kappa shape index (κ3) is 2.83. The Morgan fingerprint density at radius 1 is 1.30 bits per heavy atom. The van der Waals surface area contributed by atoms with Crippen LogP contribution in [0.1, 0.15) is 33.3 Å². The standard InChI is InChI=1S/C15H13NO4/c1-10(18)12-7-16-13(8-17)15(14(12)19)20-9-11-5-3-2-4-6-11/h2-8H,9H2,1H3,(H,16,19). The van der Waals surface area contributed by atoms with E-state index < -0.39 is 5.43 Å². The Balaban J connectivity index is 2.34. The number of hydrogen-bond acceptors (Lipinski definition) is 4. The van der Waals surface area contributed by atoms with E-state index in [1.807, 2.05) is 30.3 Å². The van der Waals surface area contributed by atoms with Crippen LogP contribution in [-0.4, -0.2) is 17.1 Å². The number of benzene rings is 1. The number of Topliss-reactive ketones (excluding diaryl/α,β-unsaturated/α-hetero) is 1. The number of hydrogen-bond donors (Lipinski definition) is 1. The second-order valence-corrected chi connectivity index (χ2v) is 4.22. The molecule has 5 nitrogen and oxygen atoms in total. The first-order chi connectivity index (χ1) is 9.63. The summed E-state index contributed by atoms with van der Waals surface area (Å²) in [7, 11) is 0. The summed E-state index contributed by atoms with van der Waals surface area (Å²) in [6.07, 6.45) is 1.72. The number of ketones is 1. The average Bonchev–Trinajstić information content (AvgIpc) is 2.46. The second-order valence-electron chi connectivity index (χ2n) is 4.22.